The van der Waals surface area contributed by atoms with E-state index in [1.54, 1.807) is 36.4 Å². The quantitative estimate of drug-likeness (QED) is 0.725. The van der Waals surface area contributed by atoms with Gasteiger partial charge in [0.15, 0.2) is 11.5 Å². The van der Waals surface area contributed by atoms with Crippen LogP contribution in [-0.4, -0.2) is 33.9 Å². The van der Waals surface area contributed by atoms with E-state index >= 15 is 0 Å². The monoisotopic (exact) mass is 408 g/mol. The third-order valence-corrected chi connectivity index (χ3v) is 5.44. The Labute approximate surface area is 163 Å². The van der Waals surface area contributed by atoms with Crippen molar-refractivity contribution >= 4 is 21.6 Å². The molecule has 0 spiro atoms. The fourth-order valence-corrected chi connectivity index (χ4v) is 3.79. The average molecular weight is 408 g/mol. The van der Waals surface area contributed by atoms with E-state index in [0.717, 1.165) is 6.26 Å². The van der Waals surface area contributed by atoms with Gasteiger partial charge in [0.1, 0.15) is 5.82 Å². The highest BCUT2D eigenvalue weighted by Crippen LogP contribution is 2.36. The number of fused-ring (bicyclic) bond motifs is 1. The van der Waals surface area contributed by atoms with Crippen molar-refractivity contribution in [3.05, 3.63) is 53.8 Å². The van der Waals surface area contributed by atoms with Gasteiger partial charge in [-0.15, -0.1) is 0 Å². The molecule has 0 atom stereocenters. The standard InChI is InChI=1S/C19H21FN2O5S/c1-28(24,25)22(15-8-9-17-18(11-15)27-13-26-17)10-4-7-19(23)21-12-14-5-2-3-6-16(14)20/h2-3,5-6,8-9,11H,4,7,10,12-13H2,1H3,(H,21,23). The van der Waals surface area contributed by atoms with Gasteiger partial charge < -0.3 is 14.8 Å². The fourth-order valence-electron chi connectivity index (χ4n) is 2.83. The van der Waals surface area contributed by atoms with Crippen molar-refractivity contribution in [3.8, 4) is 11.5 Å². The molecule has 3 rings (SSSR count). The fraction of sp³-hybridized carbons (Fsp3) is 0.316. The highest BCUT2D eigenvalue weighted by Gasteiger charge is 2.21. The van der Waals surface area contributed by atoms with E-state index in [-0.39, 0.29) is 38.0 Å². The Morgan fingerprint density at radius 3 is 2.68 bits per heavy atom. The van der Waals surface area contributed by atoms with Crippen molar-refractivity contribution in [3.63, 3.8) is 0 Å². The molecule has 2 aromatic rings. The Balaban J connectivity index is 1.56. The summed E-state index contributed by atoms with van der Waals surface area (Å²) in [6, 6.07) is 11.1. The number of nitrogens with zero attached hydrogens (tertiary/aromatic N) is 1. The predicted molar refractivity (Wildman–Crippen MR) is 102 cm³/mol. The van der Waals surface area contributed by atoms with Crippen LogP contribution < -0.4 is 19.1 Å². The summed E-state index contributed by atoms with van der Waals surface area (Å²) < 4.78 is 49.6. The molecule has 0 saturated carbocycles. The van der Waals surface area contributed by atoms with E-state index in [1.165, 1.54) is 10.4 Å². The number of amides is 1. The zero-order valence-corrected chi connectivity index (χ0v) is 16.2. The molecule has 0 bridgehead atoms. The van der Waals surface area contributed by atoms with Gasteiger partial charge in [-0.2, -0.15) is 0 Å². The van der Waals surface area contributed by atoms with Gasteiger partial charge >= 0.3 is 0 Å². The Kier molecular flexibility index (Phi) is 6.03. The topological polar surface area (TPSA) is 84.9 Å². The van der Waals surface area contributed by atoms with Crippen molar-refractivity contribution in [1.82, 2.24) is 5.32 Å². The normalized spacial score (nSPS) is 12.6. The van der Waals surface area contributed by atoms with Crippen molar-refractivity contribution < 1.29 is 27.1 Å². The van der Waals surface area contributed by atoms with E-state index in [4.69, 9.17) is 9.47 Å². The number of hydrogen-bond donors (Lipinski definition) is 1. The van der Waals surface area contributed by atoms with Gasteiger partial charge in [0.25, 0.3) is 0 Å². The van der Waals surface area contributed by atoms with Crippen LogP contribution in [0.25, 0.3) is 0 Å². The zero-order chi connectivity index (χ0) is 20.1. The lowest BCUT2D eigenvalue weighted by molar-refractivity contribution is -0.121. The summed E-state index contributed by atoms with van der Waals surface area (Å²) in [5.41, 5.74) is 0.840. The van der Waals surface area contributed by atoms with Crippen LogP contribution in [0.1, 0.15) is 18.4 Å². The minimum absolute atomic E-state index is 0.0868. The van der Waals surface area contributed by atoms with Crippen LogP contribution in [0, 0.1) is 5.82 Å². The van der Waals surface area contributed by atoms with Crippen molar-refractivity contribution in [2.45, 2.75) is 19.4 Å². The molecule has 150 valence electrons. The van der Waals surface area contributed by atoms with Crippen LogP contribution in [0.4, 0.5) is 10.1 Å². The first-order chi connectivity index (χ1) is 13.3. The molecule has 0 aliphatic carbocycles. The van der Waals surface area contributed by atoms with E-state index in [2.05, 4.69) is 5.32 Å². The maximum absolute atomic E-state index is 13.6. The van der Waals surface area contributed by atoms with Gasteiger partial charge in [-0.1, -0.05) is 18.2 Å². The SMILES string of the molecule is CS(=O)(=O)N(CCCC(=O)NCc1ccccc1F)c1ccc2c(c1)OCO2. The van der Waals surface area contributed by atoms with Crippen LogP contribution in [0.15, 0.2) is 42.5 Å². The second-order valence-electron chi connectivity index (χ2n) is 6.34. The molecular formula is C19H21FN2O5S. The maximum atomic E-state index is 13.6. The lowest BCUT2D eigenvalue weighted by atomic mass is 10.2. The van der Waals surface area contributed by atoms with Gasteiger partial charge in [0, 0.05) is 31.1 Å². The van der Waals surface area contributed by atoms with E-state index in [0.29, 0.717) is 29.2 Å². The Morgan fingerprint density at radius 1 is 1.18 bits per heavy atom. The third-order valence-electron chi connectivity index (χ3n) is 4.24. The van der Waals surface area contributed by atoms with E-state index < -0.39 is 10.0 Å². The summed E-state index contributed by atoms with van der Waals surface area (Å²) in [5, 5.41) is 2.64. The third kappa shape index (κ3) is 4.92. The minimum atomic E-state index is -3.54. The molecule has 0 aromatic heterocycles. The maximum Gasteiger partial charge on any atom is 0.232 e. The molecule has 1 aliphatic rings. The van der Waals surface area contributed by atoms with E-state index in [1.807, 2.05) is 0 Å². The molecule has 7 nitrogen and oxygen atoms in total. The molecule has 2 aromatic carbocycles. The number of rotatable bonds is 8. The van der Waals surface area contributed by atoms with Gasteiger partial charge in [-0.25, -0.2) is 12.8 Å². The summed E-state index contributed by atoms with van der Waals surface area (Å²) in [6.07, 6.45) is 1.53. The van der Waals surface area contributed by atoms with Crippen molar-refractivity contribution in [2.75, 3.05) is 23.9 Å². The molecule has 0 fully saturated rings. The predicted octanol–water partition coefficient (Wildman–Crippen LogP) is 2.42. The number of ether oxygens (including phenoxy) is 2. The van der Waals surface area contributed by atoms with Crippen molar-refractivity contribution in [1.29, 1.82) is 0 Å². The first-order valence-corrected chi connectivity index (χ1v) is 10.6. The first kappa shape index (κ1) is 19.9. The van der Waals surface area contributed by atoms with Gasteiger partial charge in [0.05, 0.1) is 11.9 Å². The first-order valence-electron chi connectivity index (χ1n) is 8.72. The number of sulfonamides is 1. The largest absolute Gasteiger partial charge is 0.454 e. The Hall–Kier alpha value is -2.81. The van der Waals surface area contributed by atoms with Gasteiger partial charge in [0.2, 0.25) is 22.7 Å². The number of nitrogens with one attached hydrogen (secondary N) is 1. The van der Waals surface area contributed by atoms with Gasteiger partial charge in [-0.3, -0.25) is 9.10 Å². The molecule has 9 heteroatoms. The average Bonchev–Trinajstić information content (AvgIpc) is 3.11. The molecular weight excluding hydrogens is 387 g/mol. The number of hydrogen-bond acceptors (Lipinski definition) is 5. The Morgan fingerprint density at radius 2 is 1.93 bits per heavy atom. The molecule has 1 amide bonds. The minimum Gasteiger partial charge on any atom is -0.454 e. The number of anilines is 1. The summed E-state index contributed by atoms with van der Waals surface area (Å²) in [4.78, 5) is 12.0. The lowest BCUT2D eigenvalue weighted by Crippen LogP contribution is -2.32. The summed E-state index contributed by atoms with van der Waals surface area (Å²) >= 11 is 0. The highest BCUT2D eigenvalue weighted by molar-refractivity contribution is 7.92. The second kappa shape index (κ2) is 8.47. The molecule has 0 unspecified atom stereocenters. The van der Waals surface area contributed by atoms with Crippen LogP contribution in [0.3, 0.4) is 0 Å². The molecule has 0 radical (unpaired) electrons. The van der Waals surface area contributed by atoms with Crippen LogP contribution in [0.5, 0.6) is 11.5 Å². The molecule has 0 saturated heterocycles. The number of carbonyl (C=O) groups is 1. The smallest absolute Gasteiger partial charge is 0.232 e. The number of halogens is 1. The highest BCUT2D eigenvalue weighted by atomic mass is 32.2. The molecule has 1 aliphatic heterocycles. The van der Waals surface area contributed by atoms with Crippen LogP contribution in [0.2, 0.25) is 0 Å². The van der Waals surface area contributed by atoms with E-state index in [9.17, 15) is 17.6 Å². The second-order valence-corrected chi connectivity index (χ2v) is 8.25. The Bertz CT molecular complexity index is 965. The number of benzene rings is 2. The molecule has 28 heavy (non-hydrogen) atoms. The molecule has 1 N–H and O–H groups in total. The summed E-state index contributed by atoms with van der Waals surface area (Å²) in [5.74, 6) is 0.384. The number of carbonyl (C=O) groups excluding carboxylic acids is 1. The lowest BCUT2D eigenvalue weighted by Gasteiger charge is -2.22. The van der Waals surface area contributed by atoms with Crippen LogP contribution >= 0.6 is 0 Å². The summed E-state index contributed by atoms with van der Waals surface area (Å²) in [7, 11) is -3.54. The van der Waals surface area contributed by atoms with Crippen molar-refractivity contribution in [2.24, 2.45) is 0 Å². The summed E-state index contributed by atoms with van der Waals surface area (Å²) in [6.45, 7) is 0.314. The molecule has 1 heterocycles. The van der Waals surface area contributed by atoms with Gasteiger partial charge in [-0.05, 0) is 24.6 Å². The zero-order valence-electron chi connectivity index (χ0n) is 15.4. The van der Waals surface area contributed by atoms with Crippen LogP contribution in [-0.2, 0) is 21.4 Å².